The number of rotatable bonds is 7. The van der Waals surface area contributed by atoms with Gasteiger partial charge < -0.3 is 8.92 Å². The van der Waals surface area contributed by atoms with Gasteiger partial charge in [-0.25, -0.2) is 0 Å². The maximum Gasteiger partial charge on any atom is 0.269 e. The molecule has 1 heterocycles. The summed E-state index contributed by atoms with van der Waals surface area (Å²) in [7, 11) is 0. The zero-order chi connectivity index (χ0) is 17.2. The molecule has 1 aliphatic heterocycles. The summed E-state index contributed by atoms with van der Waals surface area (Å²) in [5.74, 6) is 0.129. The lowest BCUT2D eigenvalue weighted by Gasteiger charge is -2.33. The quantitative estimate of drug-likeness (QED) is 0.318. The number of epoxide rings is 1. The van der Waals surface area contributed by atoms with E-state index < -0.39 is 10.5 Å². The topological polar surface area (TPSA) is 64.9 Å². The molecule has 2 unspecified atom stereocenters. The molecule has 0 aromatic heterocycles. The highest BCUT2D eigenvalue weighted by atomic mass is 32.2. The molecule has 0 N–H and O–H groups in total. The lowest BCUT2D eigenvalue weighted by atomic mass is 9.82. The van der Waals surface area contributed by atoms with Crippen LogP contribution in [0.1, 0.15) is 25.3 Å². The molecule has 1 saturated heterocycles. The number of benzene rings is 2. The van der Waals surface area contributed by atoms with Crippen LogP contribution in [0, 0.1) is 10.1 Å². The van der Waals surface area contributed by atoms with Crippen molar-refractivity contribution >= 4 is 17.7 Å². The van der Waals surface area contributed by atoms with E-state index in [0.717, 1.165) is 11.5 Å². The molecule has 24 heavy (non-hydrogen) atoms. The molecule has 0 amide bonds. The Kier molecular flexibility index (Phi) is 4.89. The minimum absolute atomic E-state index is 0.0761. The van der Waals surface area contributed by atoms with Gasteiger partial charge in [0.15, 0.2) is 0 Å². The average Bonchev–Trinajstić information content (AvgIpc) is 3.39. The normalized spacial score (nSPS) is 18.2. The first-order chi connectivity index (χ1) is 11.5. The second-order valence-electron chi connectivity index (χ2n) is 6.28. The molecule has 3 rings (SSSR count). The van der Waals surface area contributed by atoms with Crippen molar-refractivity contribution in [1.82, 2.24) is 0 Å². The van der Waals surface area contributed by atoms with Gasteiger partial charge in [0.2, 0.25) is 0 Å². The monoisotopic (exact) mass is 345 g/mol. The van der Waals surface area contributed by atoms with Crippen LogP contribution in [0.5, 0.6) is 0 Å². The number of nitrogens with zero attached hydrogens (tertiary/aromatic N) is 1. The fourth-order valence-electron chi connectivity index (χ4n) is 2.80. The third-order valence-corrected chi connectivity index (χ3v) is 5.02. The van der Waals surface area contributed by atoms with Gasteiger partial charge in [-0.15, -0.1) is 0 Å². The van der Waals surface area contributed by atoms with Gasteiger partial charge in [0.25, 0.3) is 5.69 Å². The van der Waals surface area contributed by atoms with Crippen molar-refractivity contribution in [1.29, 1.82) is 0 Å². The highest BCUT2D eigenvalue weighted by Gasteiger charge is 2.44. The molecule has 1 aliphatic rings. The minimum atomic E-state index is -0.449. The van der Waals surface area contributed by atoms with Gasteiger partial charge in [0, 0.05) is 35.0 Å². The molecule has 0 saturated carbocycles. The number of non-ortho nitro benzene ring substituents is 1. The summed E-state index contributed by atoms with van der Waals surface area (Å²) in [6, 6.07) is 16.6. The maximum absolute atomic E-state index is 10.7. The Bertz CT molecular complexity index is 699. The van der Waals surface area contributed by atoms with Crippen LogP contribution in [0.3, 0.4) is 0 Å². The molecule has 6 heteroatoms. The van der Waals surface area contributed by atoms with E-state index in [1.165, 1.54) is 29.7 Å². The van der Waals surface area contributed by atoms with Gasteiger partial charge in [0.1, 0.15) is 0 Å². The molecule has 2 aromatic rings. The Labute approximate surface area is 145 Å². The van der Waals surface area contributed by atoms with Crippen LogP contribution in [-0.2, 0) is 8.92 Å². The molecule has 5 nitrogen and oxygen atoms in total. The average molecular weight is 345 g/mol. The van der Waals surface area contributed by atoms with Gasteiger partial charge in [-0.2, -0.15) is 0 Å². The van der Waals surface area contributed by atoms with E-state index >= 15 is 0 Å². The standard InChI is InChI=1S/C18H19NO4S/c1-18(2,17(16-12-22-16)13-6-4-3-5-7-13)23-24-15-10-8-14(9-11-15)19(20)21/h3-11,16-17H,12H2,1-2H3. The van der Waals surface area contributed by atoms with Gasteiger partial charge >= 0.3 is 0 Å². The van der Waals surface area contributed by atoms with Crippen LogP contribution in [0.4, 0.5) is 5.69 Å². The van der Waals surface area contributed by atoms with Gasteiger partial charge in [0.05, 0.1) is 23.2 Å². The fourth-order valence-corrected chi connectivity index (χ4v) is 3.46. The van der Waals surface area contributed by atoms with Crippen molar-refractivity contribution in [3.8, 4) is 0 Å². The summed E-state index contributed by atoms with van der Waals surface area (Å²) in [6.45, 7) is 4.84. The molecule has 0 aliphatic carbocycles. The van der Waals surface area contributed by atoms with E-state index in [2.05, 4.69) is 12.1 Å². The Balaban J connectivity index is 1.71. The van der Waals surface area contributed by atoms with Gasteiger partial charge in [-0.1, -0.05) is 30.3 Å². The number of hydrogen-bond acceptors (Lipinski definition) is 5. The van der Waals surface area contributed by atoms with Gasteiger partial charge in [-0.3, -0.25) is 10.1 Å². The van der Waals surface area contributed by atoms with E-state index in [4.69, 9.17) is 8.92 Å². The molecular weight excluding hydrogens is 326 g/mol. The third-order valence-electron chi connectivity index (χ3n) is 4.04. The zero-order valence-corrected chi connectivity index (χ0v) is 14.4. The Hall–Kier alpha value is -1.89. The number of nitro groups is 1. The Morgan fingerprint density at radius 3 is 2.38 bits per heavy atom. The van der Waals surface area contributed by atoms with Crippen molar-refractivity contribution in [2.75, 3.05) is 6.61 Å². The molecular formula is C18H19NO4S. The zero-order valence-electron chi connectivity index (χ0n) is 13.5. The SMILES string of the molecule is CC(C)(OSc1ccc([N+](=O)[O-])cc1)C(c1ccccc1)C1CO1. The van der Waals surface area contributed by atoms with Gasteiger partial charge in [-0.05, 0) is 31.5 Å². The maximum atomic E-state index is 10.7. The van der Waals surface area contributed by atoms with E-state index in [1.807, 2.05) is 32.0 Å². The predicted octanol–water partition coefficient (Wildman–Crippen LogP) is 4.58. The van der Waals surface area contributed by atoms with Crippen LogP contribution in [0.25, 0.3) is 0 Å². The summed E-state index contributed by atoms with van der Waals surface area (Å²) < 4.78 is 11.6. The first-order valence-corrected chi connectivity index (χ1v) is 8.48. The summed E-state index contributed by atoms with van der Waals surface area (Å²) in [4.78, 5) is 11.1. The van der Waals surface area contributed by atoms with Crippen molar-refractivity contribution < 1.29 is 13.8 Å². The van der Waals surface area contributed by atoms with Crippen LogP contribution >= 0.6 is 12.0 Å². The van der Waals surface area contributed by atoms with Crippen molar-refractivity contribution in [3.05, 3.63) is 70.3 Å². The molecule has 2 atom stereocenters. The highest BCUT2D eigenvalue weighted by Crippen LogP contribution is 2.43. The second-order valence-corrected chi connectivity index (χ2v) is 7.09. The molecule has 0 spiro atoms. The van der Waals surface area contributed by atoms with Crippen LogP contribution in [0.2, 0.25) is 0 Å². The summed E-state index contributed by atoms with van der Waals surface area (Å²) in [6.07, 6.45) is 0.167. The summed E-state index contributed by atoms with van der Waals surface area (Å²) in [5.41, 5.74) is 0.816. The van der Waals surface area contributed by atoms with E-state index in [-0.39, 0.29) is 17.7 Å². The highest BCUT2D eigenvalue weighted by molar-refractivity contribution is 7.94. The smallest absolute Gasteiger partial charge is 0.269 e. The second kappa shape index (κ2) is 6.93. The molecule has 126 valence electrons. The first-order valence-electron chi connectivity index (χ1n) is 7.74. The number of nitro benzene ring substituents is 1. The third kappa shape index (κ3) is 3.95. The van der Waals surface area contributed by atoms with Crippen LogP contribution in [0.15, 0.2) is 59.5 Å². The van der Waals surface area contributed by atoms with E-state index in [0.29, 0.717) is 0 Å². The number of ether oxygens (including phenoxy) is 1. The fraction of sp³-hybridized carbons (Fsp3) is 0.333. The van der Waals surface area contributed by atoms with E-state index in [9.17, 15) is 10.1 Å². The predicted molar refractivity (Wildman–Crippen MR) is 93.0 cm³/mol. The Morgan fingerprint density at radius 2 is 1.83 bits per heavy atom. The molecule has 1 fully saturated rings. The minimum Gasteiger partial charge on any atom is -0.372 e. The number of hydrogen-bond donors (Lipinski definition) is 0. The molecule has 0 radical (unpaired) electrons. The summed E-state index contributed by atoms with van der Waals surface area (Å²) in [5, 5.41) is 10.7. The Morgan fingerprint density at radius 1 is 1.21 bits per heavy atom. The molecule has 0 bridgehead atoms. The van der Waals surface area contributed by atoms with Crippen LogP contribution < -0.4 is 0 Å². The molecule has 2 aromatic carbocycles. The van der Waals surface area contributed by atoms with Crippen molar-refractivity contribution in [2.45, 2.75) is 36.4 Å². The lowest BCUT2D eigenvalue weighted by Crippen LogP contribution is -2.34. The first kappa shape index (κ1) is 17.0. The largest absolute Gasteiger partial charge is 0.372 e. The summed E-state index contributed by atoms with van der Waals surface area (Å²) >= 11 is 1.24. The van der Waals surface area contributed by atoms with Crippen molar-refractivity contribution in [3.63, 3.8) is 0 Å². The van der Waals surface area contributed by atoms with Crippen LogP contribution in [-0.4, -0.2) is 23.2 Å². The van der Waals surface area contributed by atoms with E-state index in [1.54, 1.807) is 12.1 Å². The lowest BCUT2D eigenvalue weighted by molar-refractivity contribution is -0.384. The van der Waals surface area contributed by atoms with Crippen molar-refractivity contribution in [2.24, 2.45) is 0 Å².